The highest BCUT2D eigenvalue weighted by atomic mass is 32.1. The second kappa shape index (κ2) is 8.27. The van der Waals surface area contributed by atoms with E-state index in [-0.39, 0.29) is 5.56 Å². The average molecular weight is 402 g/mol. The van der Waals surface area contributed by atoms with Crippen LogP contribution in [-0.2, 0) is 19.4 Å². The van der Waals surface area contributed by atoms with Gasteiger partial charge in [0, 0.05) is 10.9 Å². The van der Waals surface area contributed by atoms with Gasteiger partial charge in [0.15, 0.2) is 0 Å². The summed E-state index contributed by atoms with van der Waals surface area (Å²) in [6.07, 6.45) is 12.5. The number of hydrogen-bond donors (Lipinski definition) is 2. The lowest BCUT2D eigenvalue weighted by molar-refractivity contribution is 0.218. The van der Waals surface area contributed by atoms with Gasteiger partial charge >= 0.3 is 0 Å². The van der Waals surface area contributed by atoms with Gasteiger partial charge in [-0.3, -0.25) is 4.79 Å². The molecule has 0 aromatic carbocycles. The number of H-pyrrole nitrogens is 1. The van der Waals surface area contributed by atoms with Gasteiger partial charge in [-0.1, -0.05) is 52.9 Å². The maximum absolute atomic E-state index is 12.8. The summed E-state index contributed by atoms with van der Waals surface area (Å²) in [4.78, 5) is 23.1. The first kappa shape index (κ1) is 20.1. The van der Waals surface area contributed by atoms with Crippen LogP contribution in [0, 0.1) is 11.3 Å². The van der Waals surface area contributed by atoms with E-state index in [2.05, 4.69) is 31.1 Å². The van der Waals surface area contributed by atoms with Gasteiger partial charge in [0.1, 0.15) is 10.7 Å². The Labute approximate surface area is 172 Å². The van der Waals surface area contributed by atoms with Crippen molar-refractivity contribution in [1.82, 2.24) is 15.3 Å². The van der Waals surface area contributed by atoms with Crippen LogP contribution in [0.4, 0.5) is 0 Å². The monoisotopic (exact) mass is 401 g/mol. The molecule has 2 N–H and O–H groups in total. The molecule has 0 spiro atoms. The van der Waals surface area contributed by atoms with E-state index in [1.54, 1.807) is 11.3 Å². The third kappa shape index (κ3) is 4.35. The molecule has 5 heteroatoms. The number of aryl methyl sites for hydroxylation is 1. The lowest BCUT2D eigenvalue weighted by Crippen LogP contribution is -2.30. The van der Waals surface area contributed by atoms with Crippen LogP contribution in [0.3, 0.4) is 0 Å². The van der Waals surface area contributed by atoms with E-state index < -0.39 is 0 Å². The summed E-state index contributed by atoms with van der Waals surface area (Å²) < 4.78 is 0. The molecule has 2 aliphatic rings. The molecule has 2 aliphatic carbocycles. The second-order valence-electron chi connectivity index (χ2n) is 9.93. The van der Waals surface area contributed by atoms with E-state index in [1.165, 1.54) is 61.8 Å². The molecule has 154 valence electrons. The molecule has 2 aromatic rings. The summed E-state index contributed by atoms with van der Waals surface area (Å²) in [6.45, 7) is 7.67. The minimum atomic E-state index is 0.0613. The Balaban J connectivity index is 1.52. The molecule has 1 fully saturated rings. The fourth-order valence-electron chi connectivity index (χ4n) is 4.95. The highest BCUT2D eigenvalue weighted by Gasteiger charge is 2.31. The van der Waals surface area contributed by atoms with Crippen molar-refractivity contribution in [3.63, 3.8) is 0 Å². The SMILES string of the molecule is CC(C)(C)[C@@H]1CCc2c(sc3nc(CNC4CCCCCCC4)[nH]c(=O)c23)C1. The first-order valence-corrected chi connectivity index (χ1v) is 12.0. The maximum atomic E-state index is 12.8. The molecule has 1 saturated carbocycles. The van der Waals surface area contributed by atoms with E-state index in [4.69, 9.17) is 4.98 Å². The topological polar surface area (TPSA) is 57.8 Å². The predicted octanol–water partition coefficient (Wildman–Crippen LogP) is 5.34. The van der Waals surface area contributed by atoms with Crippen LogP contribution in [0.2, 0.25) is 0 Å². The summed E-state index contributed by atoms with van der Waals surface area (Å²) in [5.74, 6) is 1.48. The van der Waals surface area contributed by atoms with Gasteiger partial charge in [0.05, 0.1) is 11.9 Å². The van der Waals surface area contributed by atoms with Crippen molar-refractivity contribution < 1.29 is 0 Å². The lowest BCUT2D eigenvalue weighted by atomic mass is 9.72. The van der Waals surface area contributed by atoms with Crippen molar-refractivity contribution in [3.8, 4) is 0 Å². The zero-order valence-corrected chi connectivity index (χ0v) is 18.5. The molecule has 2 heterocycles. The third-order valence-corrected chi connectivity index (χ3v) is 8.00. The standard InChI is InChI=1S/C23H35N3OS/c1-23(2,3)15-11-12-17-18(13-15)28-22-20(17)21(27)25-19(26-22)14-24-16-9-7-5-4-6-8-10-16/h15-16,24H,4-14H2,1-3H3,(H,25,26,27)/t15-/m1/s1. The van der Waals surface area contributed by atoms with Crippen LogP contribution < -0.4 is 10.9 Å². The number of hydrogen-bond acceptors (Lipinski definition) is 4. The fourth-order valence-corrected chi connectivity index (χ4v) is 6.27. The largest absolute Gasteiger partial charge is 0.309 e. The molecule has 0 amide bonds. The van der Waals surface area contributed by atoms with E-state index in [0.29, 0.717) is 23.9 Å². The Morgan fingerprint density at radius 3 is 2.54 bits per heavy atom. The zero-order valence-electron chi connectivity index (χ0n) is 17.7. The number of rotatable bonds is 3. The Bertz CT molecular complexity index is 868. The van der Waals surface area contributed by atoms with Crippen LogP contribution >= 0.6 is 11.3 Å². The number of fused-ring (bicyclic) bond motifs is 3. The van der Waals surface area contributed by atoms with Crippen molar-refractivity contribution in [1.29, 1.82) is 0 Å². The van der Waals surface area contributed by atoms with E-state index >= 15 is 0 Å². The first-order valence-electron chi connectivity index (χ1n) is 11.2. The molecule has 28 heavy (non-hydrogen) atoms. The fraction of sp³-hybridized carbons (Fsp3) is 0.739. The highest BCUT2D eigenvalue weighted by molar-refractivity contribution is 7.18. The van der Waals surface area contributed by atoms with Crippen LogP contribution in [0.1, 0.15) is 88.4 Å². The summed E-state index contributed by atoms with van der Waals surface area (Å²) in [6, 6.07) is 0.561. The number of aromatic amines is 1. The number of aromatic nitrogens is 2. The van der Waals surface area contributed by atoms with Gasteiger partial charge < -0.3 is 10.3 Å². The van der Waals surface area contributed by atoms with E-state index in [0.717, 1.165) is 28.9 Å². The molecular formula is C23H35N3OS. The Morgan fingerprint density at radius 1 is 1.11 bits per heavy atom. The van der Waals surface area contributed by atoms with Crippen molar-refractivity contribution in [2.75, 3.05) is 0 Å². The molecule has 4 rings (SSSR count). The second-order valence-corrected chi connectivity index (χ2v) is 11.0. The molecule has 0 unspecified atom stereocenters. The minimum absolute atomic E-state index is 0.0613. The zero-order chi connectivity index (χ0) is 19.7. The van der Waals surface area contributed by atoms with Gasteiger partial charge in [0.2, 0.25) is 0 Å². The summed E-state index contributed by atoms with van der Waals surface area (Å²) in [5, 5.41) is 4.52. The average Bonchev–Trinajstić information content (AvgIpc) is 2.98. The quantitative estimate of drug-likeness (QED) is 0.730. The van der Waals surface area contributed by atoms with E-state index in [9.17, 15) is 4.79 Å². The van der Waals surface area contributed by atoms with Crippen LogP contribution in [0.25, 0.3) is 10.2 Å². The first-order chi connectivity index (χ1) is 13.4. The lowest BCUT2D eigenvalue weighted by Gasteiger charge is -2.33. The van der Waals surface area contributed by atoms with Gasteiger partial charge in [-0.25, -0.2) is 4.98 Å². The molecule has 2 aromatic heterocycles. The predicted molar refractivity (Wildman–Crippen MR) is 118 cm³/mol. The molecule has 0 saturated heterocycles. The number of nitrogens with one attached hydrogen (secondary N) is 2. The van der Waals surface area contributed by atoms with E-state index in [1.807, 2.05) is 0 Å². The smallest absolute Gasteiger partial charge is 0.259 e. The minimum Gasteiger partial charge on any atom is -0.309 e. The third-order valence-electron chi connectivity index (χ3n) is 6.86. The van der Waals surface area contributed by atoms with Crippen molar-refractivity contribution >= 4 is 21.6 Å². The molecule has 0 radical (unpaired) electrons. The molecule has 1 atom stereocenters. The van der Waals surface area contributed by atoms with Crippen molar-refractivity contribution in [2.45, 2.75) is 97.6 Å². The Hall–Kier alpha value is -1.20. The van der Waals surface area contributed by atoms with Crippen molar-refractivity contribution in [2.24, 2.45) is 11.3 Å². The summed E-state index contributed by atoms with van der Waals surface area (Å²) >= 11 is 1.76. The van der Waals surface area contributed by atoms with Gasteiger partial charge in [-0.05, 0) is 49.0 Å². The van der Waals surface area contributed by atoms with Gasteiger partial charge in [-0.2, -0.15) is 0 Å². The summed E-state index contributed by atoms with van der Waals surface area (Å²) in [5.41, 5.74) is 1.65. The Morgan fingerprint density at radius 2 is 1.82 bits per heavy atom. The normalized spacial score (nSPS) is 22.0. The number of thiophene rings is 1. The highest BCUT2D eigenvalue weighted by Crippen LogP contribution is 2.41. The van der Waals surface area contributed by atoms with Gasteiger partial charge in [0.25, 0.3) is 5.56 Å². The molecule has 0 aliphatic heterocycles. The molecule has 4 nitrogen and oxygen atoms in total. The van der Waals surface area contributed by atoms with Crippen LogP contribution in [0.5, 0.6) is 0 Å². The van der Waals surface area contributed by atoms with Crippen molar-refractivity contribution in [3.05, 3.63) is 26.6 Å². The Kier molecular flexibility index (Phi) is 5.93. The molecule has 0 bridgehead atoms. The van der Waals surface area contributed by atoms with Crippen LogP contribution in [-0.4, -0.2) is 16.0 Å². The van der Waals surface area contributed by atoms with Gasteiger partial charge in [-0.15, -0.1) is 11.3 Å². The van der Waals surface area contributed by atoms with Crippen LogP contribution in [0.15, 0.2) is 4.79 Å². The maximum Gasteiger partial charge on any atom is 0.259 e. The number of nitrogens with zero attached hydrogens (tertiary/aromatic N) is 1. The molecular weight excluding hydrogens is 366 g/mol. The summed E-state index contributed by atoms with van der Waals surface area (Å²) in [7, 11) is 0.